The average Bonchev–Trinajstić information content (AvgIpc) is 2.67. The van der Waals surface area contributed by atoms with Crippen LogP contribution in [0.25, 0.3) is 0 Å². The van der Waals surface area contributed by atoms with Gasteiger partial charge in [0.25, 0.3) is 0 Å². The molecule has 0 spiro atoms. The zero-order valence-electron chi connectivity index (χ0n) is 15.3. The number of rotatable bonds is 7. The second-order valence-corrected chi connectivity index (χ2v) is 5.95. The highest BCUT2D eigenvalue weighted by atomic mass is 127. The molecule has 0 unspecified atom stereocenters. The first-order valence-electron chi connectivity index (χ1n) is 8.64. The van der Waals surface area contributed by atoms with E-state index in [0.717, 1.165) is 31.0 Å². The van der Waals surface area contributed by atoms with Gasteiger partial charge in [-0.1, -0.05) is 50.2 Å². The second-order valence-electron chi connectivity index (χ2n) is 5.95. The van der Waals surface area contributed by atoms with Crippen LogP contribution < -0.4 is 10.6 Å². The van der Waals surface area contributed by atoms with Crippen molar-refractivity contribution in [3.63, 3.8) is 0 Å². The summed E-state index contributed by atoms with van der Waals surface area (Å²) in [5, 5.41) is 6.83. The molecule has 4 nitrogen and oxygen atoms in total. The van der Waals surface area contributed by atoms with Gasteiger partial charge in [0.1, 0.15) is 0 Å². The van der Waals surface area contributed by atoms with Crippen molar-refractivity contribution in [1.82, 2.24) is 15.6 Å². The van der Waals surface area contributed by atoms with Gasteiger partial charge in [0.15, 0.2) is 5.96 Å². The highest BCUT2D eigenvalue weighted by Crippen LogP contribution is 2.30. The van der Waals surface area contributed by atoms with Gasteiger partial charge in [0.2, 0.25) is 0 Å². The number of aliphatic imine (C=N–C) groups is 1. The summed E-state index contributed by atoms with van der Waals surface area (Å²) >= 11 is 0. The van der Waals surface area contributed by atoms with Crippen LogP contribution in [0.5, 0.6) is 0 Å². The number of nitrogens with zero attached hydrogens (tertiary/aromatic N) is 2. The van der Waals surface area contributed by atoms with Gasteiger partial charge in [0, 0.05) is 25.2 Å². The average molecular weight is 452 g/mol. The molecule has 2 rings (SSSR count). The Morgan fingerprint density at radius 1 is 1.00 bits per heavy atom. The first kappa shape index (κ1) is 21.4. The number of aromatic nitrogens is 1. The van der Waals surface area contributed by atoms with Crippen LogP contribution in [0.2, 0.25) is 0 Å². The van der Waals surface area contributed by atoms with Crippen LogP contribution in [0.1, 0.15) is 37.9 Å². The number of nitrogens with one attached hydrogen (secondary N) is 2. The molecule has 25 heavy (non-hydrogen) atoms. The maximum absolute atomic E-state index is 4.34. The molecular weight excluding hydrogens is 423 g/mol. The van der Waals surface area contributed by atoms with Crippen LogP contribution in [0.15, 0.2) is 59.7 Å². The highest BCUT2D eigenvalue weighted by molar-refractivity contribution is 14.0. The molecule has 0 aliphatic heterocycles. The van der Waals surface area contributed by atoms with E-state index in [1.807, 2.05) is 24.4 Å². The van der Waals surface area contributed by atoms with Crippen molar-refractivity contribution in [3.8, 4) is 0 Å². The van der Waals surface area contributed by atoms with Gasteiger partial charge in [-0.05, 0) is 30.5 Å². The third kappa shape index (κ3) is 5.99. The molecule has 0 radical (unpaired) electrons. The lowest BCUT2D eigenvalue weighted by Crippen LogP contribution is -2.45. The molecule has 0 aliphatic carbocycles. The predicted molar refractivity (Wildman–Crippen MR) is 117 cm³/mol. The maximum atomic E-state index is 4.34. The molecule has 2 aromatic rings. The molecule has 0 bridgehead atoms. The van der Waals surface area contributed by atoms with Crippen LogP contribution in [-0.4, -0.2) is 24.5 Å². The number of guanidine groups is 1. The van der Waals surface area contributed by atoms with Crippen molar-refractivity contribution in [2.24, 2.45) is 4.99 Å². The SMILES string of the molecule is CCC(CC)(CNC(=NC)NCc1ccccn1)c1ccccc1.I. The molecule has 1 heterocycles. The smallest absolute Gasteiger partial charge is 0.191 e. The standard InChI is InChI=1S/C20H28N4.HI/c1-4-20(5-2,17-11-7-6-8-12-17)16-24-19(21-3)23-15-18-13-9-10-14-22-18;/h6-14H,4-5,15-16H2,1-3H3,(H2,21,23,24);1H. The number of pyridine rings is 1. The molecular formula is C20H29IN4. The van der Waals surface area contributed by atoms with Crippen molar-refractivity contribution in [1.29, 1.82) is 0 Å². The molecule has 5 heteroatoms. The fraction of sp³-hybridized carbons (Fsp3) is 0.400. The third-order valence-electron chi connectivity index (χ3n) is 4.72. The van der Waals surface area contributed by atoms with E-state index in [4.69, 9.17) is 0 Å². The van der Waals surface area contributed by atoms with E-state index in [0.29, 0.717) is 6.54 Å². The third-order valence-corrected chi connectivity index (χ3v) is 4.72. The Hall–Kier alpha value is -1.63. The van der Waals surface area contributed by atoms with Gasteiger partial charge in [-0.25, -0.2) is 0 Å². The van der Waals surface area contributed by atoms with Crippen molar-refractivity contribution in [3.05, 3.63) is 66.0 Å². The molecule has 1 aromatic heterocycles. The predicted octanol–water partition coefficient (Wildman–Crippen LogP) is 4.12. The van der Waals surface area contributed by atoms with Gasteiger partial charge < -0.3 is 10.6 Å². The summed E-state index contributed by atoms with van der Waals surface area (Å²) in [4.78, 5) is 8.66. The summed E-state index contributed by atoms with van der Waals surface area (Å²) in [5.41, 5.74) is 2.49. The largest absolute Gasteiger partial charge is 0.356 e. The Balaban J connectivity index is 0.00000312. The summed E-state index contributed by atoms with van der Waals surface area (Å²) in [5.74, 6) is 0.808. The zero-order valence-corrected chi connectivity index (χ0v) is 17.7. The second kappa shape index (κ2) is 11.1. The Morgan fingerprint density at radius 3 is 2.24 bits per heavy atom. The minimum atomic E-state index is 0. The topological polar surface area (TPSA) is 49.3 Å². The summed E-state index contributed by atoms with van der Waals surface area (Å²) in [6.07, 6.45) is 3.97. The van der Waals surface area contributed by atoms with E-state index < -0.39 is 0 Å². The Morgan fingerprint density at radius 2 is 1.68 bits per heavy atom. The van der Waals surface area contributed by atoms with E-state index in [1.54, 1.807) is 7.05 Å². The quantitative estimate of drug-likeness (QED) is 0.378. The van der Waals surface area contributed by atoms with Crippen molar-refractivity contribution in [2.45, 2.75) is 38.6 Å². The fourth-order valence-electron chi connectivity index (χ4n) is 2.95. The Bertz CT molecular complexity index is 625. The fourth-order valence-corrected chi connectivity index (χ4v) is 2.95. The van der Waals surface area contributed by atoms with Crippen LogP contribution in [0.4, 0.5) is 0 Å². The minimum absolute atomic E-state index is 0. The number of hydrogen-bond donors (Lipinski definition) is 2. The summed E-state index contributed by atoms with van der Waals surface area (Å²) in [7, 11) is 1.80. The van der Waals surface area contributed by atoms with Crippen molar-refractivity contribution >= 4 is 29.9 Å². The van der Waals surface area contributed by atoms with Crippen LogP contribution in [0, 0.1) is 0 Å². The molecule has 0 aliphatic rings. The lowest BCUT2D eigenvalue weighted by atomic mass is 9.76. The molecule has 1 aromatic carbocycles. The normalized spacial score (nSPS) is 11.6. The molecule has 0 saturated carbocycles. The lowest BCUT2D eigenvalue weighted by Gasteiger charge is -2.33. The van der Waals surface area contributed by atoms with Crippen LogP contribution >= 0.6 is 24.0 Å². The van der Waals surface area contributed by atoms with E-state index >= 15 is 0 Å². The molecule has 136 valence electrons. The highest BCUT2D eigenvalue weighted by Gasteiger charge is 2.28. The molecule has 0 amide bonds. The van der Waals surface area contributed by atoms with Crippen molar-refractivity contribution < 1.29 is 0 Å². The molecule has 0 atom stereocenters. The monoisotopic (exact) mass is 452 g/mol. The summed E-state index contributed by atoms with van der Waals surface area (Å²) < 4.78 is 0. The molecule has 0 fully saturated rings. The number of benzene rings is 1. The Labute approximate surface area is 168 Å². The van der Waals surface area contributed by atoms with E-state index in [-0.39, 0.29) is 29.4 Å². The summed E-state index contributed by atoms with van der Waals surface area (Å²) in [6, 6.07) is 16.7. The van der Waals surface area contributed by atoms with Gasteiger partial charge in [0.05, 0.1) is 12.2 Å². The molecule has 0 saturated heterocycles. The van der Waals surface area contributed by atoms with E-state index in [9.17, 15) is 0 Å². The van der Waals surface area contributed by atoms with Crippen LogP contribution in [-0.2, 0) is 12.0 Å². The molecule has 2 N–H and O–H groups in total. The number of halogens is 1. The minimum Gasteiger partial charge on any atom is -0.356 e. The lowest BCUT2D eigenvalue weighted by molar-refractivity contribution is 0.389. The van der Waals surface area contributed by atoms with E-state index in [2.05, 4.69) is 64.8 Å². The zero-order chi connectivity index (χ0) is 17.3. The first-order valence-corrected chi connectivity index (χ1v) is 8.64. The van der Waals surface area contributed by atoms with Gasteiger partial charge >= 0.3 is 0 Å². The van der Waals surface area contributed by atoms with Crippen LogP contribution in [0.3, 0.4) is 0 Å². The van der Waals surface area contributed by atoms with Gasteiger partial charge in [-0.15, -0.1) is 24.0 Å². The summed E-state index contributed by atoms with van der Waals surface area (Å²) in [6.45, 7) is 6.02. The van der Waals surface area contributed by atoms with E-state index in [1.165, 1.54) is 5.56 Å². The van der Waals surface area contributed by atoms with Gasteiger partial charge in [-0.3, -0.25) is 9.98 Å². The number of hydrogen-bond acceptors (Lipinski definition) is 2. The maximum Gasteiger partial charge on any atom is 0.191 e. The first-order chi connectivity index (χ1) is 11.7. The van der Waals surface area contributed by atoms with Crippen molar-refractivity contribution in [2.75, 3.05) is 13.6 Å². The Kier molecular flexibility index (Phi) is 9.49. The van der Waals surface area contributed by atoms with Gasteiger partial charge in [-0.2, -0.15) is 0 Å².